The molecule has 3 N–H and O–H groups in total. The smallest absolute Gasteiger partial charge is 0.323 e. The normalized spacial score (nSPS) is 23.6. The lowest BCUT2D eigenvalue weighted by molar-refractivity contribution is -0.148. The predicted molar refractivity (Wildman–Crippen MR) is 228 cm³/mol. The van der Waals surface area contributed by atoms with E-state index in [0.717, 1.165) is 61.3 Å². The number of amides is 3. The van der Waals surface area contributed by atoms with E-state index in [0.29, 0.717) is 42.7 Å². The molecule has 1 saturated carbocycles. The molecule has 316 valence electrons. The molecule has 4 aromatic rings. The summed E-state index contributed by atoms with van der Waals surface area (Å²) < 4.78 is 25.7. The number of carbonyl (C=O) groups is 4. The lowest BCUT2D eigenvalue weighted by Crippen LogP contribution is -2.57. The number of rotatable bonds is 13. The molecule has 0 radical (unpaired) electrons. The topological polar surface area (TPSA) is 167 Å². The van der Waals surface area contributed by atoms with Gasteiger partial charge in [-0.05, 0) is 111 Å². The largest absolute Gasteiger partial charge is 0.465 e. The van der Waals surface area contributed by atoms with Crippen molar-refractivity contribution in [2.45, 2.75) is 120 Å². The second-order valence-electron chi connectivity index (χ2n) is 17.0. The summed E-state index contributed by atoms with van der Waals surface area (Å²) in [4.78, 5) is 74.2. The summed E-state index contributed by atoms with van der Waals surface area (Å²) in [7, 11) is -3.72. The van der Waals surface area contributed by atoms with E-state index in [9.17, 15) is 28.5 Å². The Morgan fingerprint density at radius 1 is 0.933 bits per heavy atom. The van der Waals surface area contributed by atoms with Gasteiger partial charge in [0.1, 0.15) is 23.9 Å². The molecule has 8 rings (SSSR count). The van der Waals surface area contributed by atoms with Crippen LogP contribution in [-0.2, 0) is 29.8 Å². The van der Waals surface area contributed by atoms with Crippen molar-refractivity contribution >= 4 is 42.0 Å². The Kier molecular flexibility index (Phi) is 12.0. The number of carbonyl (C=O) groups excluding carboxylic acids is 4. The van der Waals surface area contributed by atoms with Gasteiger partial charge in [0.2, 0.25) is 17.4 Å². The molecule has 4 aliphatic rings. The third-order valence-corrected chi connectivity index (χ3v) is 14.7. The number of ether oxygens (including phenoxy) is 1. The number of esters is 1. The average molecular weight is 836 g/mol. The number of benzene rings is 3. The van der Waals surface area contributed by atoms with Crippen molar-refractivity contribution in [2.75, 3.05) is 13.2 Å². The van der Waals surface area contributed by atoms with Crippen LogP contribution in [0.1, 0.15) is 105 Å². The minimum absolute atomic E-state index is 0.0218. The fourth-order valence-electron chi connectivity index (χ4n) is 9.46. The quantitative estimate of drug-likeness (QED) is 0.0969. The van der Waals surface area contributed by atoms with E-state index in [2.05, 4.69) is 15.4 Å². The first-order valence-corrected chi connectivity index (χ1v) is 23.2. The van der Waals surface area contributed by atoms with Crippen molar-refractivity contribution in [1.29, 1.82) is 0 Å². The molecule has 1 spiro atoms. The highest BCUT2D eigenvalue weighted by atomic mass is 31.2. The molecule has 1 unspecified atom stereocenters. The number of hydrogen-bond acceptors (Lipinski definition) is 8. The molecule has 3 aromatic carbocycles. The first-order valence-electron chi connectivity index (χ1n) is 21.4. The van der Waals surface area contributed by atoms with E-state index < -0.39 is 37.5 Å². The number of para-hydroxylation sites is 1. The minimum atomic E-state index is -3.72. The zero-order valence-electron chi connectivity index (χ0n) is 34.3. The van der Waals surface area contributed by atoms with Crippen molar-refractivity contribution < 1.29 is 33.0 Å². The van der Waals surface area contributed by atoms with Crippen LogP contribution >= 0.6 is 7.52 Å². The zero-order valence-corrected chi connectivity index (χ0v) is 35.2. The van der Waals surface area contributed by atoms with Gasteiger partial charge in [-0.1, -0.05) is 62.2 Å². The van der Waals surface area contributed by atoms with E-state index in [1.54, 1.807) is 60.5 Å². The van der Waals surface area contributed by atoms with Crippen molar-refractivity contribution in [3.8, 4) is 5.75 Å². The SMILES string of the molecule is CCCOC(=O)[C@H](C)NP(=O)(Cc1ccc2ccc(C(=O)N[C@H]3CCCC[C@H]4CC[C@@H](C(=O)N5C[C@H](c6cc[nH]c(=O)c6)CC56CC6)N4C3=O)cc2c1)Oc1ccccc1. The molecule has 3 amide bonds. The lowest BCUT2D eigenvalue weighted by Gasteiger charge is -2.37. The molecule has 14 heteroatoms. The zero-order chi connectivity index (χ0) is 42.0. The maximum absolute atomic E-state index is 14.5. The van der Waals surface area contributed by atoms with Crippen LogP contribution < -0.4 is 20.5 Å². The summed E-state index contributed by atoms with van der Waals surface area (Å²) in [5, 5.41) is 7.55. The molecule has 1 aliphatic carbocycles. The van der Waals surface area contributed by atoms with Gasteiger partial charge in [0, 0.05) is 41.9 Å². The molecule has 3 aliphatic heterocycles. The Balaban J connectivity index is 0.979. The molecule has 6 atom stereocenters. The van der Waals surface area contributed by atoms with E-state index in [1.807, 2.05) is 48.2 Å². The maximum Gasteiger partial charge on any atom is 0.323 e. The monoisotopic (exact) mass is 835 g/mol. The van der Waals surface area contributed by atoms with Crippen LogP contribution in [0.15, 0.2) is 89.9 Å². The van der Waals surface area contributed by atoms with Gasteiger partial charge >= 0.3 is 13.5 Å². The summed E-state index contributed by atoms with van der Waals surface area (Å²) in [6, 6.07) is 20.9. The number of aromatic amines is 1. The van der Waals surface area contributed by atoms with Crippen molar-refractivity contribution in [3.05, 3.63) is 112 Å². The number of likely N-dealkylation sites (tertiary alicyclic amines) is 1. The average Bonchev–Trinajstić information content (AvgIpc) is 3.73. The van der Waals surface area contributed by atoms with Crippen molar-refractivity contribution in [2.24, 2.45) is 0 Å². The number of nitrogens with one attached hydrogen (secondary N) is 3. The van der Waals surface area contributed by atoms with E-state index in [-0.39, 0.29) is 47.6 Å². The van der Waals surface area contributed by atoms with E-state index in [1.165, 1.54) is 0 Å². The van der Waals surface area contributed by atoms with Crippen LogP contribution in [0.5, 0.6) is 5.75 Å². The van der Waals surface area contributed by atoms with Gasteiger partial charge in [-0.3, -0.25) is 28.5 Å². The van der Waals surface area contributed by atoms with Gasteiger partial charge in [-0.2, -0.15) is 0 Å². The first-order chi connectivity index (χ1) is 28.9. The molecule has 60 heavy (non-hydrogen) atoms. The van der Waals surface area contributed by atoms with Gasteiger partial charge in [0.25, 0.3) is 5.91 Å². The van der Waals surface area contributed by atoms with Crippen LogP contribution in [0.2, 0.25) is 0 Å². The van der Waals surface area contributed by atoms with E-state index in [4.69, 9.17) is 9.26 Å². The van der Waals surface area contributed by atoms with Crippen LogP contribution in [-0.4, -0.2) is 81.3 Å². The summed E-state index contributed by atoms with van der Waals surface area (Å²) >= 11 is 0. The van der Waals surface area contributed by atoms with Crippen LogP contribution in [0, 0.1) is 0 Å². The summed E-state index contributed by atoms with van der Waals surface area (Å²) in [5.74, 6) is -0.694. The number of fused-ring (bicyclic) bond motifs is 2. The lowest BCUT2D eigenvalue weighted by atomic mass is 9.96. The number of pyridine rings is 1. The fraction of sp³-hybridized carbons (Fsp3) is 0.457. The Labute approximate surface area is 350 Å². The van der Waals surface area contributed by atoms with Gasteiger partial charge in [0.15, 0.2) is 0 Å². The third kappa shape index (κ3) is 8.93. The van der Waals surface area contributed by atoms with Crippen molar-refractivity contribution in [1.82, 2.24) is 25.2 Å². The molecule has 13 nitrogen and oxygen atoms in total. The second kappa shape index (κ2) is 17.4. The predicted octanol–water partition coefficient (Wildman–Crippen LogP) is 6.81. The summed E-state index contributed by atoms with van der Waals surface area (Å²) in [5.41, 5.74) is 1.59. The number of hydrogen-bond donors (Lipinski definition) is 3. The standard InChI is InChI=1S/C46H54N5O8P/c1-3-23-58-45(56)30(2)49-60(57,59-38-10-5-4-6-11-38)29-31-13-14-32-15-16-34(25-35(32)24-31)42(53)48-39-12-8-7-9-37-17-18-40(51(37)43(39)54)44(55)50-28-36(27-46(50)20-21-46)33-19-22-47-41(52)26-33/h4-6,10-11,13-16,19,22,24-26,30,36-37,39-40H,3,7-9,12,17-18,20-21,23,27-29H2,1-2H3,(H,47,52)(H,48,53)(H,49,57)/t30-,36+,37-,39-,40-,60?/m0/s1. The minimum Gasteiger partial charge on any atom is -0.465 e. The highest BCUT2D eigenvalue weighted by Gasteiger charge is 2.58. The molecule has 1 aromatic heterocycles. The number of aromatic nitrogens is 1. The highest BCUT2D eigenvalue weighted by molar-refractivity contribution is 7.56. The van der Waals surface area contributed by atoms with Gasteiger partial charge in [0.05, 0.1) is 12.8 Å². The number of nitrogens with zero attached hydrogens (tertiary/aromatic N) is 2. The maximum atomic E-state index is 14.5. The number of H-pyrrole nitrogens is 1. The Hall–Kier alpha value is -5.26. The van der Waals surface area contributed by atoms with Crippen LogP contribution in [0.25, 0.3) is 10.8 Å². The highest BCUT2D eigenvalue weighted by Crippen LogP contribution is 2.54. The Morgan fingerprint density at radius 2 is 1.72 bits per heavy atom. The molecular weight excluding hydrogens is 782 g/mol. The van der Waals surface area contributed by atoms with Crippen LogP contribution in [0.3, 0.4) is 0 Å². The van der Waals surface area contributed by atoms with Crippen molar-refractivity contribution in [3.63, 3.8) is 0 Å². The molecule has 4 fully saturated rings. The van der Waals surface area contributed by atoms with Crippen LogP contribution in [0.4, 0.5) is 0 Å². The Morgan fingerprint density at radius 3 is 2.48 bits per heavy atom. The summed E-state index contributed by atoms with van der Waals surface area (Å²) in [6.45, 7) is 4.27. The first kappa shape index (κ1) is 41.5. The van der Waals surface area contributed by atoms with E-state index >= 15 is 0 Å². The van der Waals surface area contributed by atoms with Gasteiger partial charge in [-0.25, -0.2) is 5.09 Å². The second-order valence-corrected chi connectivity index (χ2v) is 19.1. The molecular formula is C46H54N5O8P. The molecule has 3 saturated heterocycles. The third-order valence-electron chi connectivity index (χ3n) is 12.6. The molecule has 4 heterocycles. The molecule has 0 bridgehead atoms. The Bertz CT molecular complexity index is 2370. The fourth-order valence-corrected chi connectivity index (χ4v) is 11.5. The van der Waals surface area contributed by atoms with Gasteiger partial charge < -0.3 is 29.4 Å². The van der Waals surface area contributed by atoms with Gasteiger partial charge in [-0.15, -0.1) is 0 Å². The summed E-state index contributed by atoms with van der Waals surface area (Å²) in [6.07, 6.45) is 9.22.